The van der Waals surface area contributed by atoms with Gasteiger partial charge in [-0.2, -0.15) is 0 Å². The number of amides is 4. The van der Waals surface area contributed by atoms with E-state index in [1.165, 1.54) is 6.92 Å². The maximum Gasteiger partial charge on any atom is 0.326 e. The molecule has 0 saturated carbocycles. The molecule has 0 heterocycles. The fourth-order valence-corrected chi connectivity index (χ4v) is 2.71. The maximum atomic E-state index is 12.7. The Kier molecular flexibility index (Phi) is 13.1. The van der Waals surface area contributed by atoms with Gasteiger partial charge in [-0.05, 0) is 32.1 Å². The number of nitrogens with one attached hydrogen (secondary N) is 3. The molecule has 14 heteroatoms. The summed E-state index contributed by atoms with van der Waals surface area (Å²) in [6, 6.07) is -4.55. The van der Waals surface area contributed by atoms with E-state index in [1.807, 2.05) is 13.8 Å². The third-order valence-corrected chi connectivity index (χ3v) is 4.42. The monoisotopic (exact) mass is 472 g/mol. The Labute approximate surface area is 192 Å². The molecule has 188 valence electrons. The summed E-state index contributed by atoms with van der Waals surface area (Å²) in [5.74, 6) is -4.42. The first-order valence-corrected chi connectivity index (χ1v) is 10.5. The number of hydrogen-bond acceptors (Lipinski definition) is 7. The van der Waals surface area contributed by atoms with E-state index in [1.54, 1.807) is 0 Å². The van der Waals surface area contributed by atoms with E-state index in [-0.39, 0.29) is 24.7 Å². The van der Waals surface area contributed by atoms with Crippen molar-refractivity contribution in [2.45, 2.75) is 70.6 Å². The van der Waals surface area contributed by atoms with Crippen LogP contribution in [0.25, 0.3) is 0 Å². The van der Waals surface area contributed by atoms with Gasteiger partial charge in [0, 0.05) is 6.54 Å². The average molecular weight is 473 g/mol. The summed E-state index contributed by atoms with van der Waals surface area (Å²) in [6.07, 6.45) is 0.412. The molecule has 4 atom stereocenters. The number of nitrogens with zero attached hydrogens (tertiary/aromatic N) is 1. The van der Waals surface area contributed by atoms with Crippen LogP contribution >= 0.6 is 0 Å². The molecule has 0 aromatic heterocycles. The molecular weight excluding hydrogens is 436 g/mol. The number of nitrogens with two attached hydrogens (primary N) is 4. The van der Waals surface area contributed by atoms with Gasteiger partial charge in [0.2, 0.25) is 23.6 Å². The van der Waals surface area contributed by atoms with Crippen LogP contribution in [-0.2, 0) is 24.0 Å². The summed E-state index contributed by atoms with van der Waals surface area (Å²) in [7, 11) is 0. The van der Waals surface area contributed by atoms with Gasteiger partial charge in [0.25, 0.3) is 0 Å². The number of aliphatic carboxylic acids is 1. The molecule has 4 amide bonds. The van der Waals surface area contributed by atoms with Crippen molar-refractivity contribution < 1.29 is 29.1 Å². The molecule has 0 spiro atoms. The predicted octanol–water partition coefficient (Wildman–Crippen LogP) is -3.15. The van der Waals surface area contributed by atoms with Crippen LogP contribution in [0.4, 0.5) is 0 Å². The Morgan fingerprint density at radius 3 is 1.94 bits per heavy atom. The summed E-state index contributed by atoms with van der Waals surface area (Å²) in [4.78, 5) is 63.3. The lowest BCUT2D eigenvalue weighted by Gasteiger charge is -2.24. The summed E-state index contributed by atoms with van der Waals surface area (Å²) in [6.45, 7) is 5.33. The van der Waals surface area contributed by atoms with Crippen LogP contribution in [0.5, 0.6) is 0 Å². The lowest BCUT2D eigenvalue weighted by atomic mass is 10.0. The van der Waals surface area contributed by atoms with Crippen molar-refractivity contribution in [1.29, 1.82) is 0 Å². The first kappa shape index (κ1) is 29.6. The van der Waals surface area contributed by atoms with Crippen molar-refractivity contribution in [2.75, 3.05) is 6.54 Å². The molecule has 0 rings (SSSR count). The highest BCUT2D eigenvalue weighted by Gasteiger charge is 2.29. The topological polar surface area (TPSA) is 258 Å². The van der Waals surface area contributed by atoms with Crippen LogP contribution in [0.3, 0.4) is 0 Å². The Balaban J connectivity index is 5.01. The largest absolute Gasteiger partial charge is 0.480 e. The van der Waals surface area contributed by atoms with E-state index < -0.39 is 60.2 Å². The maximum absolute atomic E-state index is 12.7. The minimum absolute atomic E-state index is 0.0234. The SMILES string of the molecule is CC(C)CC(NC(=O)C(N)CCCN=C(N)N)C(=O)NC(C)C(=O)NC(CC(N)=O)C(=O)O. The number of carboxylic acids is 1. The van der Waals surface area contributed by atoms with Crippen molar-refractivity contribution in [1.82, 2.24) is 16.0 Å². The number of primary amides is 1. The van der Waals surface area contributed by atoms with E-state index in [0.717, 1.165) is 0 Å². The molecule has 0 aliphatic heterocycles. The Morgan fingerprint density at radius 1 is 0.879 bits per heavy atom. The number of carbonyl (C=O) groups is 5. The van der Waals surface area contributed by atoms with Crippen molar-refractivity contribution in [3.05, 3.63) is 0 Å². The number of guanidine groups is 1. The lowest BCUT2D eigenvalue weighted by molar-refractivity contribution is -0.143. The van der Waals surface area contributed by atoms with Crippen molar-refractivity contribution in [3.63, 3.8) is 0 Å². The van der Waals surface area contributed by atoms with Crippen LogP contribution in [0.2, 0.25) is 0 Å². The molecule has 4 unspecified atom stereocenters. The normalized spacial score (nSPS) is 14.3. The molecular formula is C19H36N8O6. The Morgan fingerprint density at radius 2 is 1.45 bits per heavy atom. The standard InChI is InChI=1S/C19H36N8O6/c1-9(2)7-12(26-16(30)11(20)5-4-6-24-19(22)23)17(31)25-10(3)15(29)27-13(18(32)33)8-14(21)28/h9-13H,4-8,20H2,1-3H3,(H2,21,28)(H,25,31)(H,26,30)(H,27,29)(H,32,33)(H4,22,23,24). The molecule has 0 saturated heterocycles. The molecule has 12 N–H and O–H groups in total. The third-order valence-electron chi connectivity index (χ3n) is 4.42. The van der Waals surface area contributed by atoms with Crippen LogP contribution < -0.4 is 38.9 Å². The number of aliphatic imine (C=N–C) groups is 1. The van der Waals surface area contributed by atoms with Crippen molar-refractivity contribution in [2.24, 2.45) is 33.8 Å². The van der Waals surface area contributed by atoms with E-state index in [2.05, 4.69) is 20.9 Å². The van der Waals surface area contributed by atoms with Gasteiger partial charge < -0.3 is 44.0 Å². The second kappa shape index (κ2) is 14.6. The minimum atomic E-state index is -1.53. The first-order valence-electron chi connectivity index (χ1n) is 10.5. The van der Waals surface area contributed by atoms with E-state index in [4.69, 9.17) is 28.0 Å². The van der Waals surface area contributed by atoms with Crippen LogP contribution in [-0.4, -0.2) is 71.4 Å². The van der Waals surface area contributed by atoms with Gasteiger partial charge in [-0.1, -0.05) is 13.8 Å². The summed E-state index contributed by atoms with van der Waals surface area (Å²) >= 11 is 0. The number of hydrogen-bond donors (Lipinski definition) is 8. The molecule has 0 bridgehead atoms. The quantitative estimate of drug-likeness (QED) is 0.0678. The zero-order valence-electron chi connectivity index (χ0n) is 19.2. The van der Waals surface area contributed by atoms with E-state index >= 15 is 0 Å². The van der Waals surface area contributed by atoms with E-state index in [9.17, 15) is 24.0 Å². The fraction of sp³-hybridized carbons (Fsp3) is 0.684. The molecule has 0 radical (unpaired) electrons. The Hall–Kier alpha value is -3.42. The molecule has 14 nitrogen and oxygen atoms in total. The molecule has 0 aromatic rings. The molecule has 0 fully saturated rings. The highest BCUT2D eigenvalue weighted by molar-refractivity contribution is 5.94. The lowest BCUT2D eigenvalue weighted by Crippen LogP contribution is -2.56. The van der Waals surface area contributed by atoms with Crippen molar-refractivity contribution >= 4 is 35.6 Å². The number of rotatable bonds is 15. The number of carboxylic acid groups (broad SMARTS) is 1. The van der Waals surface area contributed by atoms with E-state index in [0.29, 0.717) is 13.0 Å². The highest BCUT2D eigenvalue weighted by Crippen LogP contribution is 2.07. The zero-order valence-corrected chi connectivity index (χ0v) is 19.2. The third kappa shape index (κ3) is 12.9. The second-order valence-electron chi connectivity index (χ2n) is 8.05. The highest BCUT2D eigenvalue weighted by atomic mass is 16.4. The average Bonchev–Trinajstić information content (AvgIpc) is 2.68. The summed E-state index contributed by atoms with van der Waals surface area (Å²) in [5.41, 5.74) is 21.3. The van der Waals surface area contributed by atoms with Gasteiger partial charge in [-0.25, -0.2) is 4.79 Å². The van der Waals surface area contributed by atoms with Gasteiger partial charge in [-0.15, -0.1) is 0 Å². The fourth-order valence-electron chi connectivity index (χ4n) is 2.71. The first-order chi connectivity index (χ1) is 15.2. The van der Waals surface area contributed by atoms with Gasteiger partial charge >= 0.3 is 5.97 Å². The van der Waals surface area contributed by atoms with Crippen LogP contribution in [0.1, 0.15) is 46.5 Å². The molecule has 0 aromatic carbocycles. The second-order valence-corrected chi connectivity index (χ2v) is 8.05. The van der Waals surface area contributed by atoms with Crippen LogP contribution in [0.15, 0.2) is 4.99 Å². The smallest absolute Gasteiger partial charge is 0.326 e. The number of carbonyl (C=O) groups excluding carboxylic acids is 4. The molecule has 0 aliphatic rings. The van der Waals surface area contributed by atoms with Gasteiger partial charge in [0.15, 0.2) is 5.96 Å². The van der Waals surface area contributed by atoms with Crippen molar-refractivity contribution in [3.8, 4) is 0 Å². The van der Waals surface area contributed by atoms with Gasteiger partial charge in [-0.3, -0.25) is 24.2 Å². The predicted molar refractivity (Wildman–Crippen MR) is 120 cm³/mol. The van der Waals surface area contributed by atoms with Crippen LogP contribution in [0, 0.1) is 5.92 Å². The van der Waals surface area contributed by atoms with Gasteiger partial charge in [0.1, 0.15) is 18.1 Å². The summed E-state index contributed by atoms with van der Waals surface area (Å²) in [5, 5.41) is 16.2. The van der Waals surface area contributed by atoms with Gasteiger partial charge in [0.05, 0.1) is 12.5 Å². The minimum Gasteiger partial charge on any atom is -0.480 e. The molecule has 0 aliphatic carbocycles. The molecule has 33 heavy (non-hydrogen) atoms. The zero-order chi connectivity index (χ0) is 25.7. The summed E-state index contributed by atoms with van der Waals surface area (Å²) < 4.78 is 0. The Bertz CT molecular complexity index is 738.